The summed E-state index contributed by atoms with van der Waals surface area (Å²) in [5.41, 5.74) is 2.30. The van der Waals surface area contributed by atoms with Crippen LogP contribution >= 0.6 is 0 Å². The van der Waals surface area contributed by atoms with E-state index in [0.29, 0.717) is 18.7 Å². The van der Waals surface area contributed by atoms with Gasteiger partial charge in [-0.25, -0.2) is 13.4 Å². The van der Waals surface area contributed by atoms with Crippen LogP contribution < -0.4 is 19.8 Å². The van der Waals surface area contributed by atoms with Crippen molar-refractivity contribution in [2.45, 2.75) is 64.6 Å². The fraction of sp³-hybridized carbons (Fsp3) is 0.481. The van der Waals surface area contributed by atoms with Crippen molar-refractivity contribution in [3.8, 4) is 0 Å². The first-order valence-electron chi connectivity index (χ1n) is 12.8. The van der Waals surface area contributed by atoms with E-state index in [1.54, 1.807) is 12.1 Å². The first-order valence-corrected chi connectivity index (χ1v) is 14.7. The van der Waals surface area contributed by atoms with Crippen LogP contribution in [0.25, 0.3) is 10.9 Å². The largest absolute Gasteiger partial charge is 0.377 e. The van der Waals surface area contributed by atoms with E-state index >= 15 is 0 Å². The molecule has 4 rings (SSSR count). The molecule has 1 saturated heterocycles. The van der Waals surface area contributed by atoms with Gasteiger partial charge in [-0.05, 0) is 76.4 Å². The van der Waals surface area contributed by atoms with E-state index in [0.717, 1.165) is 60.2 Å². The molecule has 2 atom stereocenters. The fourth-order valence-corrected chi connectivity index (χ4v) is 5.62. The molecule has 3 aromatic rings. The van der Waals surface area contributed by atoms with E-state index in [9.17, 15) is 13.2 Å². The molecule has 0 aliphatic carbocycles. The number of hydrogen-bond acceptors (Lipinski definition) is 7. The maximum atomic E-state index is 12.3. The summed E-state index contributed by atoms with van der Waals surface area (Å²) in [6.07, 6.45) is 6.54. The third-order valence-electron chi connectivity index (χ3n) is 6.47. The summed E-state index contributed by atoms with van der Waals surface area (Å²) in [5, 5.41) is 4.47. The van der Waals surface area contributed by atoms with Crippen LogP contribution in [0.15, 0.2) is 42.6 Å². The molecule has 2 aromatic heterocycles. The quantitative estimate of drug-likeness (QED) is 0.350. The van der Waals surface area contributed by atoms with Gasteiger partial charge in [0.15, 0.2) is 5.82 Å². The highest BCUT2D eigenvalue weighted by molar-refractivity contribution is 7.92. The third kappa shape index (κ3) is 6.54. The normalized spacial score (nSPS) is 18.6. The summed E-state index contributed by atoms with van der Waals surface area (Å²) in [7, 11) is -3.36. The summed E-state index contributed by atoms with van der Waals surface area (Å²) < 4.78 is 25.8. The molecule has 0 bridgehead atoms. The number of carbonyl (C=O) groups excluding carboxylic acids is 1. The zero-order chi connectivity index (χ0) is 26.8. The Morgan fingerprint density at radius 2 is 2.03 bits per heavy atom. The van der Waals surface area contributed by atoms with Crippen LogP contribution in [0.5, 0.6) is 0 Å². The van der Waals surface area contributed by atoms with Crippen molar-refractivity contribution in [1.29, 1.82) is 0 Å². The number of piperidine rings is 1. The molecule has 1 aliphatic heterocycles. The number of aldehydes is 1. The number of H-pyrrole nitrogens is 1. The second-order valence-electron chi connectivity index (χ2n) is 10.8. The minimum Gasteiger partial charge on any atom is -0.377 e. The lowest BCUT2D eigenvalue weighted by atomic mass is 9.96. The Labute approximate surface area is 219 Å². The monoisotopic (exact) mass is 526 g/mol. The van der Waals surface area contributed by atoms with Gasteiger partial charge in [-0.2, -0.15) is 0 Å². The van der Waals surface area contributed by atoms with Crippen molar-refractivity contribution in [2.75, 3.05) is 39.2 Å². The molecule has 1 aromatic carbocycles. The van der Waals surface area contributed by atoms with Crippen LogP contribution in [0.4, 0.5) is 23.0 Å². The van der Waals surface area contributed by atoms with Crippen LogP contribution in [0.3, 0.4) is 0 Å². The van der Waals surface area contributed by atoms with E-state index in [1.807, 2.05) is 24.4 Å². The van der Waals surface area contributed by atoms with E-state index in [2.05, 4.69) is 58.6 Å². The predicted octanol–water partition coefficient (Wildman–Crippen LogP) is 4.60. The molecular formula is C27H38N6O3S. The Kier molecular flexibility index (Phi) is 7.68. The number of sulfonamides is 1. The number of nitrogens with zero attached hydrogens (tertiary/aromatic N) is 3. The summed E-state index contributed by atoms with van der Waals surface area (Å²) in [4.78, 5) is 24.9. The third-order valence-corrected chi connectivity index (χ3v) is 7.07. The van der Waals surface area contributed by atoms with Gasteiger partial charge in [0.1, 0.15) is 12.1 Å². The van der Waals surface area contributed by atoms with Crippen LogP contribution in [0, 0.1) is 0 Å². The number of benzene rings is 1. The predicted molar refractivity (Wildman–Crippen MR) is 152 cm³/mol. The number of carbonyl (C=O) groups is 1. The van der Waals surface area contributed by atoms with E-state index in [-0.39, 0.29) is 17.6 Å². The molecule has 3 N–H and O–H groups in total. The second-order valence-corrected chi connectivity index (χ2v) is 12.6. The van der Waals surface area contributed by atoms with Gasteiger partial charge in [-0.15, -0.1) is 0 Å². The van der Waals surface area contributed by atoms with E-state index < -0.39 is 10.0 Å². The number of nitrogens with one attached hydrogen (secondary N) is 3. The lowest BCUT2D eigenvalue weighted by molar-refractivity contribution is -0.109. The molecule has 0 amide bonds. The first-order chi connectivity index (χ1) is 17.5. The molecule has 10 heteroatoms. The molecule has 3 heterocycles. The van der Waals surface area contributed by atoms with Gasteiger partial charge in [0, 0.05) is 47.5 Å². The number of aromatic nitrogens is 2. The van der Waals surface area contributed by atoms with Gasteiger partial charge in [-0.1, -0.05) is 6.92 Å². The van der Waals surface area contributed by atoms with E-state index in [1.165, 1.54) is 0 Å². The Morgan fingerprint density at radius 3 is 2.70 bits per heavy atom. The van der Waals surface area contributed by atoms with Crippen LogP contribution in [0.2, 0.25) is 0 Å². The summed E-state index contributed by atoms with van der Waals surface area (Å²) in [6.45, 7) is 10.1. The van der Waals surface area contributed by atoms with Gasteiger partial charge in [0.25, 0.3) is 0 Å². The second kappa shape index (κ2) is 10.6. The molecule has 200 valence electrons. The number of anilines is 4. The summed E-state index contributed by atoms with van der Waals surface area (Å²) in [5.74, 6) is 1.79. The smallest absolute Gasteiger partial charge is 0.229 e. The van der Waals surface area contributed by atoms with Crippen molar-refractivity contribution in [1.82, 2.24) is 9.97 Å². The lowest BCUT2D eigenvalue weighted by Crippen LogP contribution is -2.51. The molecule has 1 aliphatic rings. The lowest BCUT2D eigenvalue weighted by Gasteiger charge is -2.43. The standard InChI is InChI=1S/C27H38N6O3S/c1-6-13-33(26-24(8-7-12-28-26)30-27(2,3)4)21-11-14-32(22(17-21)18-34)25-16-19-15-20(31-37(5,35)36)9-10-23(19)29-25/h7-10,12,15-16,18,21-22,29-31H,6,11,13-14,17H2,1-5H3. The first kappa shape index (κ1) is 26.8. The average Bonchev–Trinajstić information content (AvgIpc) is 3.24. The van der Waals surface area contributed by atoms with Gasteiger partial charge in [0.05, 0.1) is 18.0 Å². The van der Waals surface area contributed by atoms with Gasteiger partial charge >= 0.3 is 0 Å². The molecule has 0 radical (unpaired) electrons. The Morgan fingerprint density at radius 1 is 1.24 bits per heavy atom. The molecule has 37 heavy (non-hydrogen) atoms. The Bertz CT molecular complexity index is 1350. The highest BCUT2D eigenvalue weighted by Gasteiger charge is 2.33. The molecule has 1 fully saturated rings. The summed E-state index contributed by atoms with van der Waals surface area (Å²) >= 11 is 0. The average molecular weight is 527 g/mol. The number of pyridine rings is 1. The SMILES string of the molecule is CCCN(c1ncccc1NC(C)(C)C)C1CCN(c2cc3cc(NS(C)(=O)=O)ccc3[nH]2)C(C=O)C1. The van der Waals surface area contributed by atoms with Gasteiger partial charge in [-0.3, -0.25) is 4.72 Å². The molecule has 2 unspecified atom stereocenters. The van der Waals surface area contributed by atoms with Crippen molar-refractivity contribution in [2.24, 2.45) is 0 Å². The molecule has 9 nitrogen and oxygen atoms in total. The van der Waals surface area contributed by atoms with Gasteiger partial charge in [0.2, 0.25) is 10.0 Å². The Hall–Kier alpha value is -3.27. The van der Waals surface area contributed by atoms with Crippen molar-refractivity contribution in [3.05, 3.63) is 42.6 Å². The topological polar surface area (TPSA) is 110 Å². The zero-order valence-corrected chi connectivity index (χ0v) is 23.1. The minimum absolute atomic E-state index is 0.101. The highest BCUT2D eigenvalue weighted by Crippen LogP contribution is 2.34. The maximum absolute atomic E-state index is 12.3. The van der Waals surface area contributed by atoms with Gasteiger partial charge < -0.3 is 24.9 Å². The highest BCUT2D eigenvalue weighted by atomic mass is 32.2. The molecular weight excluding hydrogens is 488 g/mol. The molecule has 0 saturated carbocycles. The van der Waals surface area contributed by atoms with Crippen LogP contribution in [-0.2, 0) is 14.8 Å². The van der Waals surface area contributed by atoms with Crippen LogP contribution in [0.1, 0.15) is 47.0 Å². The van der Waals surface area contributed by atoms with Crippen molar-refractivity contribution in [3.63, 3.8) is 0 Å². The number of rotatable bonds is 9. The molecule has 0 spiro atoms. The number of fused-ring (bicyclic) bond motifs is 1. The fourth-order valence-electron chi connectivity index (χ4n) is 5.07. The maximum Gasteiger partial charge on any atom is 0.229 e. The number of aromatic amines is 1. The van der Waals surface area contributed by atoms with Crippen molar-refractivity contribution < 1.29 is 13.2 Å². The zero-order valence-electron chi connectivity index (χ0n) is 22.3. The van der Waals surface area contributed by atoms with Crippen molar-refractivity contribution >= 4 is 50.2 Å². The van der Waals surface area contributed by atoms with Crippen LogP contribution in [-0.4, -0.2) is 61.6 Å². The number of hydrogen-bond donors (Lipinski definition) is 3. The van der Waals surface area contributed by atoms with E-state index in [4.69, 9.17) is 4.98 Å². The summed E-state index contributed by atoms with van der Waals surface area (Å²) in [6, 6.07) is 11.3. The minimum atomic E-state index is -3.36. The Balaban J connectivity index is 1.57.